The molecule has 1 aliphatic heterocycles. The number of hydrogen-bond donors (Lipinski definition) is 1. The van der Waals surface area contributed by atoms with E-state index in [1.54, 1.807) is 29.1 Å². The normalized spacial score (nSPS) is 15.3. The maximum absolute atomic E-state index is 12.6. The van der Waals surface area contributed by atoms with Crippen molar-refractivity contribution in [3.8, 4) is 5.75 Å². The van der Waals surface area contributed by atoms with E-state index in [-0.39, 0.29) is 5.91 Å². The standard InChI is InChI=1S/C21H20ClN3O2/c1-2-14-3-5-15(6-4-14)13-25-20(9-10-23-25)24-21(26)19-12-16-11-17(22)7-8-18(16)27-19/h3-11,19H,2,12-13H2,1H3,(H,24,26). The molecule has 138 valence electrons. The third-order valence-electron chi connectivity index (χ3n) is 4.72. The monoisotopic (exact) mass is 381 g/mol. The minimum atomic E-state index is -0.564. The number of carbonyl (C=O) groups excluding carboxylic acids is 1. The lowest BCUT2D eigenvalue weighted by atomic mass is 10.1. The van der Waals surface area contributed by atoms with Gasteiger partial charge in [-0.3, -0.25) is 4.79 Å². The van der Waals surface area contributed by atoms with Gasteiger partial charge in [0.15, 0.2) is 6.10 Å². The van der Waals surface area contributed by atoms with Crippen molar-refractivity contribution in [3.63, 3.8) is 0 Å². The van der Waals surface area contributed by atoms with E-state index >= 15 is 0 Å². The molecule has 1 aliphatic rings. The Morgan fingerprint density at radius 3 is 2.78 bits per heavy atom. The maximum Gasteiger partial charge on any atom is 0.266 e. The van der Waals surface area contributed by atoms with Crippen molar-refractivity contribution in [2.45, 2.75) is 32.4 Å². The van der Waals surface area contributed by atoms with Crippen molar-refractivity contribution in [1.82, 2.24) is 9.78 Å². The van der Waals surface area contributed by atoms with Gasteiger partial charge in [0.05, 0.1) is 12.7 Å². The summed E-state index contributed by atoms with van der Waals surface area (Å²) in [5.41, 5.74) is 3.38. The van der Waals surface area contributed by atoms with E-state index in [1.807, 2.05) is 6.07 Å². The average molecular weight is 382 g/mol. The minimum Gasteiger partial charge on any atom is -0.480 e. The van der Waals surface area contributed by atoms with Crippen LogP contribution in [0.2, 0.25) is 5.02 Å². The number of amides is 1. The maximum atomic E-state index is 12.6. The Morgan fingerprint density at radius 2 is 2.00 bits per heavy atom. The third kappa shape index (κ3) is 3.83. The summed E-state index contributed by atoms with van der Waals surface area (Å²) in [6.07, 6.45) is 2.64. The molecule has 1 N–H and O–H groups in total. The Kier molecular flexibility index (Phi) is 4.86. The number of fused-ring (bicyclic) bond motifs is 1. The molecule has 0 saturated carbocycles. The van der Waals surface area contributed by atoms with E-state index < -0.39 is 6.10 Å². The molecule has 3 aromatic rings. The second kappa shape index (κ2) is 7.45. The molecule has 2 heterocycles. The lowest BCUT2D eigenvalue weighted by Gasteiger charge is -2.13. The molecule has 0 aliphatic carbocycles. The van der Waals surface area contributed by atoms with E-state index in [4.69, 9.17) is 16.3 Å². The number of anilines is 1. The number of halogens is 1. The summed E-state index contributed by atoms with van der Waals surface area (Å²) in [6.45, 7) is 2.72. The van der Waals surface area contributed by atoms with Gasteiger partial charge in [-0.05, 0) is 41.3 Å². The Balaban J connectivity index is 1.43. The highest BCUT2D eigenvalue weighted by Gasteiger charge is 2.29. The molecule has 4 rings (SSSR count). The van der Waals surface area contributed by atoms with Crippen molar-refractivity contribution in [1.29, 1.82) is 0 Å². The lowest BCUT2D eigenvalue weighted by molar-refractivity contribution is -0.122. The molecule has 2 aromatic carbocycles. The fourth-order valence-electron chi connectivity index (χ4n) is 3.19. The van der Waals surface area contributed by atoms with E-state index in [0.29, 0.717) is 29.6 Å². The summed E-state index contributed by atoms with van der Waals surface area (Å²) in [4.78, 5) is 12.6. The van der Waals surface area contributed by atoms with Crippen LogP contribution in [0, 0.1) is 0 Å². The summed E-state index contributed by atoms with van der Waals surface area (Å²) in [5.74, 6) is 1.17. The first kappa shape index (κ1) is 17.6. The average Bonchev–Trinajstić information content (AvgIpc) is 3.29. The van der Waals surface area contributed by atoms with Gasteiger partial charge >= 0.3 is 0 Å². The van der Waals surface area contributed by atoms with Gasteiger partial charge in [0.1, 0.15) is 11.6 Å². The minimum absolute atomic E-state index is 0.189. The van der Waals surface area contributed by atoms with E-state index in [2.05, 4.69) is 41.6 Å². The first-order chi connectivity index (χ1) is 13.1. The van der Waals surface area contributed by atoms with E-state index in [9.17, 15) is 4.79 Å². The van der Waals surface area contributed by atoms with Crippen molar-refractivity contribution in [3.05, 3.63) is 76.4 Å². The zero-order chi connectivity index (χ0) is 18.8. The number of benzene rings is 2. The van der Waals surface area contributed by atoms with Crippen molar-refractivity contribution in [2.24, 2.45) is 0 Å². The topological polar surface area (TPSA) is 56.2 Å². The van der Waals surface area contributed by atoms with Crippen LogP contribution in [0.1, 0.15) is 23.6 Å². The quantitative estimate of drug-likeness (QED) is 0.724. The summed E-state index contributed by atoms with van der Waals surface area (Å²) in [7, 11) is 0. The number of hydrogen-bond acceptors (Lipinski definition) is 3. The van der Waals surface area contributed by atoms with Crippen molar-refractivity contribution >= 4 is 23.3 Å². The van der Waals surface area contributed by atoms with E-state index in [0.717, 1.165) is 17.5 Å². The number of aryl methyl sites for hydroxylation is 1. The fraction of sp³-hybridized carbons (Fsp3) is 0.238. The molecule has 1 unspecified atom stereocenters. The second-order valence-corrected chi connectivity index (χ2v) is 7.03. The number of aromatic nitrogens is 2. The van der Waals surface area contributed by atoms with Crippen LogP contribution in [0.3, 0.4) is 0 Å². The predicted octanol–water partition coefficient (Wildman–Crippen LogP) is 4.09. The van der Waals surface area contributed by atoms with Gasteiger partial charge < -0.3 is 10.1 Å². The number of ether oxygens (including phenoxy) is 1. The lowest BCUT2D eigenvalue weighted by Crippen LogP contribution is -2.32. The molecule has 5 nitrogen and oxygen atoms in total. The van der Waals surface area contributed by atoms with Crippen LogP contribution >= 0.6 is 11.6 Å². The molecule has 0 saturated heterocycles. The Hall–Kier alpha value is -2.79. The van der Waals surface area contributed by atoms with Gasteiger partial charge in [0.25, 0.3) is 5.91 Å². The molecular formula is C21H20ClN3O2. The first-order valence-electron chi connectivity index (χ1n) is 8.98. The molecule has 0 radical (unpaired) electrons. The molecule has 27 heavy (non-hydrogen) atoms. The molecule has 1 atom stereocenters. The van der Waals surface area contributed by atoms with Crippen LogP contribution in [0.15, 0.2) is 54.7 Å². The fourth-order valence-corrected chi connectivity index (χ4v) is 3.38. The van der Waals surface area contributed by atoms with Crippen LogP contribution < -0.4 is 10.1 Å². The Labute approximate surface area is 162 Å². The summed E-state index contributed by atoms with van der Waals surface area (Å²) in [5, 5.41) is 7.90. The van der Waals surface area contributed by atoms with Crippen LogP contribution in [0.4, 0.5) is 5.82 Å². The highest BCUT2D eigenvalue weighted by atomic mass is 35.5. The highest BCUT2D eigenvalue weighted by molar-refractivity contribution is 6.30. The van der Waals surface area contributed by atoms with Crippen LogP contribution in [0.5, 0.6) is 5.75 Å². The van der Waals surface area contributed by atoms with Gasteiger partial charge in [-0.15, -0.1) is 0 Å². The van der Waals surface area contributed by atoms with E-state index in [1.165, 1.54) is 5.56 Å². The highest BCUT2D eigenvalue weighted by Crippen LogP contribution is 2.31. The number of nitrogens with one attached hydrogen (secondary N) is 1. The van der Waals surface area contributed by atoms with Gasteiger partial charge in [-0.25, -0.2) is 4.68 Å². The zero-order valence-corrected chi connectivity index (χ0v) is 15.7. The number of nitrogens with zero attached hydrogens (tertiary/aromatic N) is 2. The largest absolute Gasteiger partial charge is 0.480 e. The van der Waals surface area contributed by atoms with Crippen molar-refractivity contribution < 1.29 is 9.53 Å². The third-order valence-corrected chi connectivity index (χ3v) is 4.96. The Morgan fingerprint density at radius 1 is 1.22 bits per heavy atom. The second-order valence-electron chi connectivity index (χ2n) is 6.60. The molecule has 1 aromatic heterocycles. The molecule has 6 heteroatoms. The number of carbonyl (C=O) groups is 1. The van der Waals surface area contributed by atoms with Gasteiger partial charge in [-0.1, -0.05) is 42.8 Å². The predicted molar refractivity (Wildman–Crippen MR) is 105 cm³/mol. The smallest absolute Gasteiger partial charge is 0.266 e. The summed E-state index contributed by atoms with van der Waals surface area (Å²) < 4.78 is 7.53. The summed E-state index contributed by atoms with van der Waals surface area (Å²) in [6, 6.07) is 15.6. The molecule has 1 amide bonds. The molecule has 0 fully saturated rings. The van der Waals surface area contributed by atoms with Crippen LogP contribution in [0.25, 0.3) is 0 Å². The summed E-state index contributed by atoms with van der Waals surface area (Å²) >= 11 is 6.01. The van der Waals surface area contributed by atoms with Crippen molar-refractivity contribution in [2.75, 3.05) is 5.32 Å². The molecular weight excluding hydrogens is 362 g/mol. The Bertz CT molecular complexity index is 966. The molecule has 0 spiro atoms. The molecule has 0 bridgehead atoms. The zero-order valence-electron chi connectivity index (χ0n) is 15.0. The SMILES string of the molecule is CCc1ccc(Cn2nccc2NC(=O)C2Cc3cc(Cl)ccc3O2)cc1. The van der Waals surface area contributed by atoms with Gasteiger partial charge in [0, 0.05) is 17.5 Å². The first-order valence-corrected chi connectivity index (χ1v) is 9.36. The van der Waals surface area contributed by atoms with Gasteiger partial charge in [0.2, 0.25) is 0 Å². The van der Waals surface area contributed by atoms with Gasteiger partial charge in [-0.2, -0.15) is 5.10 Å². The number of rotatable bonds is 5. The van der Waals surface area contributed by atoms with Crippen LogP contribution in [-0.4, -0.2) is 21.8 Å². The van der Waals surface area contributed by atoms with Crippen LogP contribution in [-0.2, 0) is 24.2 Å².